The molecule has 4 nitrogen and oxygen atoms in total. The van der Waals surface area contributed by atoms with Crippen LogP contribution in [0.25, 0.3) is 0 Å². The molecule has 1 aliphatic carbocycles. The Morgan fingerprint density at radius 1 is 1.23 bits per heavy atom. The van der Waals surface area contributed by atoms with Gasteiger partial charge < -0.3 is 11.1 Å². The van der Waals surface area contributed by atoms with E-state index < -0.39 is 23.0 Å². The first-order valence-electron chi connectivity index (χ1n) is 7.65. The highest BCUT2D eigenvalue weighted by atomic mass is 127. The number of nitrogens with one attached hydrogen (secondary N) is 1. The van der Waals surface area contributed by atoms with Crippen LogP contribution in [0.2, 0.25) is 0 Å². The van der Waals surface area contributed by atoms with Crippen molar-refractivity contribution in [3.05, 3.63) is 59.5 Å². The minimum atomic E-state index is -4.59. The average Bonchev–Trinajstić information content (AvgIpc) is 3.34. The van der Waals surface area contributed by atoms with Gasteiger partial charge in [-0.15, -0.1) is 24.0 Å². The molecule has 3 rings (SSSR count). The van der Waals surface area contributed by atoms with Crippen LogP contribution in [0.4, 0.5) is 23.4 Å². The lowest BCUT2D eigenvalue weighted by molar-refractivity contribution is -0.137. The summed E-state index contributed by atoms with van der Waals surface area (Å²) in [7, 11) is 0. The van der Waals surface area contributed by atoms with E-state index in [1.165, 1.54) is 0 Å². The smallest absolute Gasteiger partial charge is 0.370 e. The maximum atomic E-state index is 13.6. The van der Waals surface area contributed by atoms with Gasteiger partial charge in [-0.1, -0.05) is 6.07 Å². The van der Waals surface area contributed by atoms with E-state index in [1.807, 2.05) is 0 Å². The predicted molar refractivity (Wildman–Crippen MR) is 102 cm³/mol. The number of hydrogen-bond acceptors (Lipinski definition) is 2. The van der Waals surface area contributed by atoms with E-state index in [9.17, 15) is 17.6 Å². The van der Waals surface area contributed by atoms with Crippen molar-refractivity contribution >= 4 is 35.8 Å². The van der Waals surface area contributed by atoms with Gasteiger partial charge >= 0.3 is 6.18 Å². The Morgan fingerprint density at radius 2 is 1.96 bits per heavy atom. The molecular weight excluding hydrogens is 463 g/mol. The molecule has 140 valence electrons. The maximum absolute atomic E-state index is 13.6. The molecule has 0 atom stereocenters. The van der Waals surface area contributed by atoms with E-state index in [-0.39, 0.29) is 36.5 Å². The van der Waals surface area contributed by atoms with Crippen LogP contribution in [-0.4, -0.2) is 17.5 Å². The molecule has 1 aromatic carbocycles. The predicted octanol–water partition coefficient (Wildman–Crippen LogP) is 4.32. The summed E-state index contributed by atoms with van der Waals surface area (Å²) in [6.45, 7) is 0.180. The lowest BCUT2D eigenvalue weighted by Gasteiger charge is -2.16. The average molecular weight is 480 g/mol. The van der Waals surface area contributed by atoms with Crippen LogP contribution in [0, 0.1) is 5.82 Å². The van der Waals surface area contributed by atoms with Gasteiger partial charge in [-0.2, -0.15) is 13.2 Å². The number of nitrogens with zero attached hydrogens (tertiary/aromatic N) is 2. The topological polar surface area (TPSA) is 63.3 Å². The second-order valence-electron chi connectivity index (χ2n) is 6.05. The molecule has 1 heterocycles. The van der Waals surface area contributed by atoms with Gasteiger partial charge in [-0.3, -0.25) is 4.99 Å². The molecule has 1 fully saturated rings. The standard InChI is InChI=1S/C17H16F4N4.HI/c18-13-8-11(7-12(9-13)17(19,20)21)16(4-5-16)10-24-15(22)25-14-3-1-2-6-23-14;/h1-3,6-9H,4-5,10H2,(H3,22,23,24,25);1H. The zero-order chi connectivity index (χ0) is 18.1. The molecule has 1 saturated carbocycles. The lowest BCUT2D eigenvalue weighted by atomic mass is 9.94. The van der Waals surface area contributed by atoms with Crippen LogP contribution >= 0.6 is 24.0 Å². The number of benzene rings is 1. The molecule has 0 spiro atoms. The first-order valence-corrected chi connectivity index (χ1v) is 7.65. The Labute approximate surface area is 164 Å². The molecule has 0 unspecified atom stereocenters. The second kappa shape index (κ2) is 7.77. The summed E-state index contributed by atoms with van der Waals surface area (Å²) in [5.41, 5.74) is 4.51. The third-order valence-electron chi connectivity index (χ3n) is 4.16. The van der Waals surface area contributed by atoms with Crippen molar-refractivity contribution in [1.29, 1.82) is 0 Å². The molecule has 26 heavy (non-hydrogen) atoms. The van der Waals surface area contributed by atoms with Crippen LogP contribution in [-0.2, 0) is 11.6 Å². The van der Waals surface area contributed by atoms with Crippen molar-refractivity contribution < 1.29 is 17.6 Å². The number of halogens is 5. The van der Waals surface area contributed by atoms with E-state index in [0.717, 1.165) is 12.1 Å². The highest BCUT2D eigenvalue weighted by Gasteiger charge is 2.45. The number of hydrogen-bond donors (Lipinski definition) is 2. The van der Waals surface area contributed by atoms with Crippen molar-refractivity contribution in [2.24, 2.45) is 10.7 Å². The van der Waals surface area contributed by atoms with Gasteiger partial charge in [-0.25, -0.2) is 9.37 Å². The van der Waals surface area contributed by atoms with Crippen molar-refractivity contribution in [2.45, 2.75) is 24.4 Å². The fourth-order valence-electron chi connectivity index (χ4n) is 2.59. The highest BCUT2D eigenvalue weighted by Crippen LogP contribution is 2.49. The Hall–Kier alpha value is -1.91. The highest BCUT2D eigenvalue weighted by molar-refractivity contribution is 14.0. The molecule has 0 amide bonds. The molecule has 3 N–H and O–H groups in total. The summed E-state index contributed by atoms with van der Waals surface area (Å²) in [5.74, 6) is -0.282. The van der Waals surface area contributed by atoms with Gasteiger partial charge in [0.2, 0.25) is 0 Å². The van der Waals surface area contributed by atoms with Gasteiger partial charge in [0, 0.05) is 11.6 Å². The summed E-state index contributed by atoms with van der Waals surface area (Å²) >= 11 is 0. The number of aliphatic imine (C=N–C) groups is 1. The van der Waals surface area contributed by atoms with E-state index >= 15 is 0 Å². The normalized spacial score (nSPS) is 15.9. The Bertz CT molecular complexity index is 789. The molecule has 0 bridgehead atoms. The minimum absolute atomic E-state index is 0. The van der Waals surface area contributed by atoms with Crippen LogP contribution in [0.1, 0.15) is 24.0 Å². The monoisotopic (exact) mass is 480 g/mol. The molecule has 0 radical (unpaired) electrons. The van der Waals surface area contributed by atoms with Crippen molar-refractivity contribution in [3.8, 4) is 0 Å². The first kappa shape index (κ1) is 20.4. The Kier molecular flexibility index (Phi) is 6.09. The van der Waals surface area contributed by atoms with Crippen molar-refractivity contribution in [1.82, 2.24) is 4.98 Å². The van der Waals surface area contributed by atoms with Gasteiger partial charge in [0.25, 0.3) is 0 Å². The van der Waals surface area contributed by atoms with Crippen LogP contribution in [0.5, 0.6) is 0 Å². The number of alkyl halides is 3. The number of nitrogens with two attached hydrogens (primary N) is 1. The van der Waals surface area contributed by atoms with Gasteiger partial charge in [-0.05, 0) is 48.7 Å². The van der Waals surface area contributed by atoms with E-state index in [2.05, 4.69) is 15.3 Å². The number of anilines is 1. The quantitative estimate of drug-likeness (QED) is 0.297. The summed E-state index contributed by atoms with van der Waals surface area (Å²) in [5, 5.41) is 2.80. The van der Waals surface area contributed by atoms with E-state index in [1.54, 1.807) is 24.4 Å². The summed E-state index contributed by atoms with van der Waals surface area (Å²) in [4.78, 5) is 8.23. The molecule has 2 aromatic rings. The Morgan fingerprint density at radius 3 is 2.54 bits per heavy atom. The summed E-state index contributed by atoms with van der Waals surface area (Å²) in [6, 6.07) is 7.86. The van der Waals surface area contributed by atoms with E-state index in [4.69, 9.17) is 5.73 Å². The van der Waals surface area contributed by atoms with Crippen LogP contribution in [0.3, 0.4) is 0 Å². The fourth-order valence-corrected chi connectivity index (χ4v) is 2.59. The Balaban J connectivity index is 0.00000243. The van der Waals surface area contributed by atoms with Gasteiger partial charge in [0.1, 0.15) is 11.6 Å². The zero-order valence-corrected chi connectivity index (χ0v) is 15.9. The summed E-state index contributed by atoms with van der Waals surface area (Å²) < 4.78 is 52.3. The number of rotatable bonds is 4. The van der Waals surface area contributed by atoms with Crippen LogP contribution < -0.4 is 11.1 Å². The summed E-state index contributed by atoms with van der Waals surface area (Å²) in [6.07, 6.45) is -1.73. The van der Waals surface area contributed by atoms with Gasteiger partial charge in [0.05, 0.1) is 12.1 Å². The fraction of sp³-hybridized carbons (Fsp3) is 0.294. The molecular formula is C17H17F4IN4. The maximum Gasteiger partial charge on any atom is 0.416 e. The number of pyridine rings is 1. The van der Waals surface area contributed by atoms with Crippen molar-refractivity contribution in [2.75, 3.05) is 11.9 Å². The molecule has 1 aliphatic rings. The molecule has 0 saturated heterocycles. The number of aromatic nitrogens is 1. The molecule has 1 aromatic heterocycles. The third kappa shape index (κ3) is 4.83. The molecule has 9 heteroatoms. The van der Waals surface area contributed by atoms with Crippen molar-refractivity contribution in [3.63, 3.8) is 0 Å². The largest absolute Gasteiger partial charge is 0.416 e. The van der Waals surface area contributed by atoms with E-state index in [0.29, 0.717) is 30.3 Å². The van der Waals surface area contributed by atoms with Crippen LogP contribution in [0.15, 0.2) is 47.6 Å². The lowest BCUT2D eigenvalue weighted by Crippen LogP contribution is -2.25. The number of guanidine groups is 1. The van der Waals surface area contributed by atoms with Gasteiger partial charge in [0.15, 0.2) is 5.96 Å². The minimum Gasteiger partial charge on any atom is -0.370 e. The first-order chi connectivity index (χ1) is 11.8. The SMILES string of the molecule is I.NC(=NCC1(c2cc(F)cc(C(F)(F)F)c2)CC1)Nc1ccccn1. The second-order valence-corrected chi connectivity index (χ2v) is 6.05. The molecule has 0 aliphatic heterocycles. The zero-order valence-electron chi connectivity index (χ0n) is 13.6. The third-order valence-corrected chi connectivity index (χ3v) is 4.16.